The fraction of sp³-hybridized carbons (Fsp3) is 0.462. The van der Waals surface area contributed by atoms with E-state index in [4.69, 9.17) is 5.73 Å². The van der Waals surface area contributed by atoms with Gasteiger partial charge in [-0.15, -0.1) is 0 Å². The summed E-state index contributed by atoms with van der Waals surface area (Å²) in [6, 6.07) is 2.71. The van der Waals surface area contributed by atoms with Crippen molar-refractivity contribution >= 4 is 11.6 Å². The number of piperazine rings is 1. The van der Waals surface area contributed by atoms with Crippen molar-refractivity contribution in [2.45, 2.75) is 6.92 Å². The van der Waals surface area contributed by atoms with E-state index in [-0.39, 0.29) is 12.5 Å². The molecule has 6 heteroatoms. The minimum Gasteiger partial charge on any atom is -0.369 e. The van der Waals surface area contributed by atoms with Crippen molar-refractivity contribution < 1.29 is 13.6 Å². The monoisotopic (exact) mass is 269 g/mol. The van der Waals surface area contributed by atoms with Crippen molar-refractivity contribution in [3.05, 3.63) is 29.3 Å². The van der Waals surface area contributed by atoms with Crippen molar-refractivity contribution in [3.8, 4) is 0 Å². The summed E-state index contributed by atoms with van der Waals surface area (Å²) in [5.74, 6) is -2.01. The Kier molecular flexibility index (Phi) is 3.99. The molecular weight excluding hydrogens is 252 g/mol. The Bertz CT molecular complexity index is 485. The molecule has 1 aromatic rings. The van der Waals surface area contributed by atoms with Gasteiger partial charge in [-0.1, -0.05) is 6.07 Å². The summed E-state index contributed by atoms with van der Waals surface area (Å²) in [5.41, 5.74) is 6.16. The molecule has 1 aromatic carbocycles. The lowest BCUT2D eigenvalue weighted by Gasteiger charge is -2.36. The molecule has 0 radical (unpaired) electrons. The summed E-state index contributed by atoms with van der Waals surface area (Å²) in [4.78, 5) is 14.5. The van der Waals surface area contributed by atoms with Gasteiger partial charge in [-0.05, 0) is 18.6 Å². The van der Waals surface area contributed by atoms with E-state index in [1.165, 1.54) is 0 Å². The molecular formula is C13H17F2N3O. The van der Waals surface area contributed by atoms with Crippen LogP contribution in [0.4, 0.5) is 14.5 Å². The van der Waals surface area contributed by atoms with Crippen LogP contribution in [0.2, 0.25) is 0 Å². The molecule has 19 heavy (non-hydrogen) atoms. The lowest BCUT2D eigenvalue weighted by molar-refractivity contribution is -0.119. The average Bonchev–Trinajstić information content (AvgIpc) is 2.36. The largest absolute Gasteiger partial charge is 0.369 e. The third kappa shape index (κ3) is 3.01. The Morgan fingerprint density at radius 1 is 1.26 bits per heavy atom. The highest BCUT2D eigenvalue weighted by molar-refractivity contribution is 5.76. The molecule has 104 valence electrons. The molecule has 0 aromatic heterocycles. The van der Waals surface area contributed by atoms with Gasteiger partial charge in [0.05, 0.1) is 12.2 Å². The van der Waals surface area contributed by atoms with E-state index in [9.17, 15) is 13.6 Å². The van der Waals surface area contributed by atoms with Crippen LogP contribution in [0.3, 0.4) is 0 Å². The summed E-state index contributed by atoms with van der Waals surface area (Å²) in [6.07, 6.45) is 0. The van der Waals surface area contributed by atoms with E-state index >= 15 is 0 Å². The normalized spacial score (nSPS) is 16.7. The maximum atomic E-state index is 13.8. The highest BCUT2D eigenvalue weighted by Gasteiger charge is 2.23. The molecule has 0 spiro atoms. The standard InChI is InChI=1S/C13H17F2N3O/c1-9-2-3-10(14)12(15)13(9)18-6-4-17(5-7-18)8-11(16)19/h2-3H,4-8H2,1H3,(H2,16,19). The molecule has 1 aliphatic rings. The first-order valence-electron chi connectivity index (χ1n) is 6.19. The second kappa shape index (κ2) is 5.52. The van der Waals surface area contributed by atoms with Gasteiger partial charge in [0, 0.05) is 26.2 Å². The number of halogens is 2. The number of hydrogen-bond acceptors (Lipinski definition) is 3. The lowest BCUT2D eigenvalue weighted by Crippen LogP contribution is -2.49. The van der Waals surface area contributed by atoms with Gasteiger partial charge in [0.15, 0.2) is 11.6 Å². The van der Waals surface area contributed by atoms with Crippen LogP contribution in [0.15, 0.2) is 12.1 Å². The third-order valence-corrected chi connectivity index (χ3v) is 3.34. The van der Waals surface area contributed by atoms with Crippen LogP contribution < -0.4 is 10.6 Å². The van der Waals surface area contributed by atoms with Crippen molar-refractivity contribution in [2.75, 3.05) is 37.6 Å². The topological polar surface area (TPSA) is 49.6 Å². The zero-order valence-electron chi connectivity index (χ0n) is 10.8. The first-order valence-corrected chi connectivity index (χ1v) is 6.19. The molecule has 2 N–H and O–H groups in total. The number of aryl methyl sites for hydroxylation is 1. The Hall–Kier alpha value is -1.69. The van der Waals surface area contributed by atoms with Gasteiger partial charge >= 0.3 is 0 Å². The molecule has 4 nitrogen and oxygen atoms in total. The number of primary amides is 1. The number of hydrogen-bond donors (Lipinski definition) is 1. The molecule has 1 amide bonds. The van der Waals surface area contributed by atoms with Gasteiger partial charge in [0.1, 0.15) is 0 Å². The maximum Gasteiger partial charge on any atom is 0.231 e. The van der Waals surface area contributed by atoms with Crippen molar-refractivity contribution in [1.82, 2.24) is 4.90 Å². The number of anilines is 1. The molecule has 1 heterocycles. The number of nitrogens with zero attached hydrogens (tertiary/aromatic N) is 2. The first-order chi connectivity index (χ1) is 8.99. The van der Waals surface area contributed by atoms with Gasteiger partial charge in [0.25, 0.3) is 0 Å². The highest BCUT2D eigenvalue weighted by Crippen LogP contribution is 2.26. The summed E-state index contributed by atoms with van der Waals surface area (Å²) < 4.78 is 27.1. The first kappa shape index (κ1) is 13.7. The van der Waals surface area contributed by atoms with Gasteiger partial charge < -0.3 is 10.6 Å². The highest BCUT2D eigenvalue weighted by atomic mass is 19.2. The Morgan fingerprint density at radius 2 is 1.89 bits per heavy atom. The summed E-state index contributed by atoms with van der Waals surface area (Å²) in [5, 5.41) is 0. The molecule has 1 saturated heterocycles. The zero-order chi connectivity index (χ0) is 14.0. The predicted molar refractivity (Wildman–Crippen MR) is 68.9 cm³/mol. The Balaban J connectivity index is 2.10. The Morgan fingerprint density at radius 3 is 2.47 bits per heavy atom. The number of rotatable bonds is 3. The molecule has 0 atom stereocenters. The molecule has 1 fully saturated rings. The van der Waals surface area contributed by atoms with Crippen molar-refractivity contribution in [2.24, 2.45) is 5.73 Å². The Labute approximate surface area is 110 Å². The van der Waals surface area contributed by atoms with E-state index in [1.807, 2.05) is 9.80 Å². The van der Waals surface area contributed by atoms with Crippen LogP contribution in [0.5, 0.6) is 0 Å². The van der Waals surface area contributed by atoms with E-state index in [2.05, 4.69) is 0 Å². The smallest absolute Gasteiger partial charge is 0.231 e. The molecule has 0 bridgehead atoms. The number of nitrogens with two attached hydrogens (primary N) is 1. The average molecular weight is 269 g/mol. The van der Waals surface area contributed by atoms with Crippen LogP contribution in [0.1, 0.15) is 5.56 Å². The van der Waals surface area contributed by atoms with Gasteiger partial charge in [-0.2, -0.15) is 0 Å². The number of benzene rings is 1. The third-order valence-electron chi connectivity index (χ3n) is 3.34. The van der Waals surface area contributed by atoms with Gasteiger partial charge in [0.2, 0.25) is 5.91 Å². The van der Waals surface area contributed by atoms with E-state index < -0.39 is 11.6 Å². The molecule has 0 unspecified atom stereocenters. The number of carbonyl (C=O) groups excluding carboxylic acids is 1. The van der Waals surface area contributed by atoms with E-state index in [1.54, 1.807) is 13.0 Å². The van der Waals surface area contributed by atoms with Crippen LogP contribution in [-0.4, -0.2) is 43.5 Å². The minimum atomic E-state index is -0.833. The van der Waals surface area contributed by atoms with E-state index in [0.717, 1.165) is 6.07 Å². The lowest BCUT2D eigenvalue weighted by atomic mass is 10.1. The van der Waals surface area contributed by atoms with Crippen LogP contribution in [0.25, 0.3) is 0 Å². The summed E-state index contributed by atoms with van der Waals surface area (Å²) in [7, 11) is 0. The maximum absolute atomic E-state index is 13.8. The number of carbonyl (C=O) groups is 1. The van der Waals surface area contributed by atoms with E-state index in [0.29, 0.717) is 37.4 Å². The van der Waals surface area contributed by atoms with Crippen LogP contribution >= 0.6 is 0 Å². The zero-order valence-corrected chi connectivity index (χ0v) is 10.8. The van der Waals surface area contributed by atoms with Gasteiger partial charge in [-0.3, -0.25) is 9.69 Å². The second-order valence-electron chi connectivity index (χ2n) is 4.76. The van der Waals surface area contributed by atoms with Crippen molar-refractivity contribution in [3.63, 3.8) is 0 Å². The number of amides is 1. The van der Waals surface area contributed by atoms with Gasteiger partial charge in [-0.25, -0.2) is 8.78 Å². The molecule has 0 aliphatic carbocycles. The fourth-order valence-electron chi connectivity index (χ4n) is 2.37. The van der Waals surface area contributed by atoms with Crippen LogP contribution in [-0.2, 0) is 4.79 Å². The quantitative estimate of drug-likeness (QED) is 0.886. The summed E-state index contributed by atoms with van der Waals surface area (Å²) >= 11 is 0. The molecule has 2 rings (SSSR count). The SMILES string of the molecule is Cc1ccc(F)c(F)c1N1CCN(CC(N)=O)CC1. The molecule has 1 aliphatic heterocycles. The van der Waals surface area contributed by atoms with Crippen molar-refractivity contribution in [1.29, 1.82) is 0 Å². The summed E-state index contributed by atoms with van der Waals surface area (Å²) in [6.45, 7) is 4.28. The molecule has 0 saturated carbocycles. The predicted octanol–water partition coefficient (Wildman–Crippen LogP) is 0.881. The fourth-order valence-corrected chi connectivity index (χ4v) is 2.37. The van der Waals surface area contributed by atoms with Crippen LogP contribution in [0, 0.1) is 18.6 Å². The minimum absolute atomic E-state index is 0.207. The second-order valence-corrected chi connectivity index (χ2v) is 4.76.